The lowest BCUT2D eigenvalue weighted by molar-refractivity contribution is 0.0989. The Morgan fingerprint density at radius 2 is 2.12 bits per heavy atom. The van der Waals surface area contributed by atoms with Crippen LogP contribution in [0, 0.1) is 0 Å². The Hall–Kier alpha value is -2.03. The van der Waals surface area contributed by atoms with Crippen molar-refractivity contribution in [2.75, 3.05) is 11.4 Å². The molecule has 0 atom stereocenters. The normalized spacial score (nSPS) is 13.9. The highest BCUT2D eigenvalue weighted by atomic mass is 16.3. The number of carbonyl (C=O) groups is 1. The van der Waals surface area contributed by atoms with Gasteiger partial charge < -0.3 is 9.32 Å². The highest BCUT2D eigenvalue weighted by Gasteiger charge is 2.25. The highest BCUT2D eigenvalue weighted by Crippen LogP contribution is 2.28. The Morgan fingerprint density at radius 3 is 2.94 bits per heavy atom. The molecule has 3 nitrogen and oxygen atoms in total. The molecule has 1 amide bonds. The van der Waals surface area contributed by atoms with Crippen LogP contribution in [0.25, 0.3) is 0 Å². The van der Waals surface area contributed by atoms with Crippen molar-refractivity contribution >= 4 is 11.6 Å². The van der Waals surface area contributed by atoms with Crippen LogP contribution >= 0.6 is 0 Å². The van der Waals surface area contributed by atoms with E-state index in [1.165, 1.54) is 18.1 Å². The van der Waals surface area contributed by atoms with Gasteiger partial charge in [-0.15, -0.1) is 0 Å². The lowest BCUT2D eigenvalue weighted by Gasteiger charge is -2.15. The minimum Gasteiger partial charge on any atom is -0.472 e. The average Bonchev–Trinajstić information content (AvgIpc) is 2.98. The van der Waals surface area contributed by atoms with Gasteiger partial charge in [0.25, 0.3) is 5.91 Å². The smallest absolute Gasteiger partial charge is 0.261 e. The molecule has 3 rings (SSSR count). The van der Waals surface area contributed by atoms with Crippen LogP contribution in [-0.2, 0) is 6.42 Å². The summed E-state index contributed by atoms with van der Waals surface area (Å²) in [6.45, 7) is 0.753. The number of amides is 1. The largest absolute Gasteiger partial charge is 0.472 e. The Morgan fingerprint density at radius 1 is 1.25 bits per heavy atom. The molecular weight excluding hydrogens is 202 g/mol. The van der Waals surface area contributed by atoms with Crippen LogP contribution in [0.5, 0.6) is 0 Å². The monoisotopic (exact) mass is 213 g/mol. The summed E-state index contributed by atoms with van der Waals surface area (Å²) in [6, 6.07) is 9.71. The van der Waals surface area contributed by atoms with Gasteiger partial charge in [0.05, 0.1) is 11.8 Å². The van der Waals surface area contributed by atoms with E-state index in [0.29, 0.717) is 5.56 Å². The van der Waals surface area contributed by atoms with E-state index in [0.717, 1.165) is 18.7 Å². The van der Waals surface area contributed by atoms with Crippen LogP contribution in [0.4, 0.5) is 5.69 Å². The Balaban J connectivity index is 1.96. The molecule has 0 aliphatic carbocycles. The first-order valence-corrected chi connectivity index (χ1v) is 5.28. The summed E-state index contributed by atoms with van der Waals surface area (Å²) >= 11 is 0. The number of furan rings is 1. The second kappa shape index (κ2) is 3.52. The Kier molecular flexibility index (Phi) is 2.03. The molecule has 2 heterocycles. The molecule has 0 bridgehead atoms. The zero-order valence-electron chi connectivity index (χ0n) is 8.72. The van der Waals surface area contributed by atoms with Crippen LogP contribution in [0.1, 0.15) is 15.9 Å². The number of hydrogen-bond donors (Lipinski definition) is 0. The number of rotatable bonds is 1. The fourth-order valence-electron chi connectivity index (χ4n) is 2.09. The molecule has 0 unspecified atom stereocenters. The number of benzene rings is 1. The third-order valence-corrected chi connectivity index (χ3v) is 2.90. The second-order valence-electron chi connectivity index (χ2n) is 3.85. The van der Waals surface area contributed by atoms with E-state index in [9.17, 15) is 4.79 Å². The minimum absolute atomic E-state index is 0.0127. The molecule has 1 aliphatic rings. The molecule has 0 radical (unpaired) electrons. The van der Waals surface area contributed by atoms with Crippen molar-refractivity contribution in [3.8, 4) is 0 Å². The van der Waals surface area contributed by atoms with E-state index in [2.05, 4.69) is 6.07 Å². The molecular formula is C13H11NO2. The summed E-state index contributed by atoms with van der Waals surface area (Å²) < 4.78 is 4.94. The zero-order chi connectivity index (χ0) is 11.0. The first kappa shape index (κ1) is 9.21. The molecule has 1 aromatic heterocycles. The molecule has 0 N–H and O–H groups in total. The zero-order valence-corrected chi connectivity index (χ0v) is 8.72. The Labute approximate surface area is 93.3 Å². The summed E-state index contributed by atoms with van der Waals surface area (Å²) in [4.78, 5) is 13.9. The molecule has 1 aliphatic heterocycles. The Bertz CT molecular complexity index is 516. The van der Waals surface area contributed by atoms with Crippen LogP contribution < -0.4 is 4.90 Å². The number of anilines is 1. The third kappa shape index (κ3) is 1.33. The second-order valence-corrected chi connectivity index (χ2v) is 3.85. The predicted octanol–water partition coefficient (Wildman–Crippen LogP) is 2.48. The maximum atomic E-state index is 12.1. The van der Waals surface area contributed by atoms with Gasteiger partial charge >= 0.3 is 0 Å². The van der Waals surface area contributed by atoms with E-state index >= 15 is 0 Å². The summed E-state index contributed by atoms with van der Waals surface area (Å²) in [7, 11) is 0. The predicted molar refractivity (Wildman–Crippen MR) is 60.5 cm³/mol. The number of hydrogen-bond acceptors (Lipinski definition) is 2. The fourth-order valence-corrected chi connectivity index (χ4v) is 2.09. The van der Waals surface area contributed by atoms with Crippen molar-refractivity contribution in [3.63, 3.8) is 0 Å². The van der Waals surface area contributed by atoms with Crippen molar-refractivity contribution in [1.29, 1.82) is 0 Å². The maximum Gasteiger partial charge on any atom is 0.261 e. The molecule has 0 fully saturated rings. The van der Waals surface area contributed by atoms with Gasteiger partial charge in [-0.1, -0.05) is 18.2 Å². The van der Waals surface area contributed by atoms with E-state index in [1.54, 1.807) is 11.0 Å². The number of carbonyl (C=O) groups excluding carboxylic acids is 1. The summed E-state index contributed by atoms with van der Waals surface area (Å²) in [5, 5.41) is 0. The minimum atomic E-state index is 0.0127. The van der Waals surface area contributed by atoms with Crippen LogP contribution in [-0.4, -0.2) is 12.5 Å². The van der Waals surface area contributed by atoms with Crippen LogP contribution in [0.15, 0.2) is 47.3 Å². The summed E-state index contributed by atoms with van der Waals surface area (Å²) in [5.41, 5.74) is 2.87. The maximum absolute atomic E-state index is 12.1. The van der Waals surface area contributed by atoms with Gasteiger partial charge in [0.15, 0.2) is 0 Å². The first-order valence-electron chi connectivity index (χ1n) is 5.28. The number of fused-ring (bicyclic) bond motifs is 1. The molecule has 0 saturated carbocycles. The standard InChI is InChI=1S/C13H11NO2/c15-13(11-6-8-16-9-11)14-7-5-10-3-1-2-4-12(10)14/h1-4,6,8-9H,5,7H2. The molecule has 2 aromatic rings. The van der Waals surface area contributed by atoms with Crippen molar-refractivity contribution in [2.24, 2.45) is 0 Å². The molecule has 80 valence electrons. The molecule has 0 saturated heterocycles. The topological polar surface area (TPSA) is 33.5 Å². The highest BCUT2D eigenvalue weighted by molar-refractivity contribution is 6.07. The van der Waals surface area contributed by atoms with E-state index in [1.807, 2.05) is 18.2 Å². The van der Waals surface area contributed by atoms with Gasteiger partial charge in [0.1, 0.15) is 6.26 Å². The average molecular weight is 213 g/mol. The van der Waals surface area contributed by atoms with Gasteiger partial charge in [-0.25, -0.2) is 0 Å². The molecule has 0 spiro atoms. The number of nitrogens with zero attached hydrogens (tertiary/aromatic N) is 1. The van der Waals surface area contributed by atoms with Crippen molar-refractivity contribution < 1.29 is 9.21 Å². The van der Waals surface area contributed by atoms with Gasteiger partial charge in [0.2, 0.25) is 0 Å². The molecule has 3 heteroatoms. The fraction of sp³-hybridized carbons (Fsp3) is 0.154. The van der Waals surface area contributed by atoms with Gasteiger partial charge in [-0.05, 0) is 24.1 Å². The van der Waals surface area contributed by atoms with Gasteiger partial charge in [-0.3, -0.25) is 4.79 Å². The van der Waals surface area contributed by atoms with Crippen LogP contribution in [0.3, 0.4) is 0 Å². The third-order valence-electron chi connectivity index (χ3n) is 2.90. The van der Waals surface area contributed by atoms with E-state index in [4.69, 9.17) is 4.42 Å². The van der Waals surface area contributed by atoms with Gasteiger partial charge in [-0.2, -0.15) is 0 Å². The molecule has 1 aromatic carbocycles. The van der Waals surface area contributed by atoms with Gasteiger partial charge in [0, 0.05) is 12.2 Å². The number of para-hydroxylation sites is 1. The lowest BCUT2D eigenvalue weighted by Crippen LogP contribution is -2.28. The SMILES string of the molecule is O=C(c1ccoc1)N1CCc2ccccc21. The summed E-state index contributed by atoms with van der Waals surface area (Å²) in [5.74, 6) is 0.0127. The van der Waals surface area contributed by atoms with Crippen molar-refractivity contribution in [3.05, 3.63) is 54.0 Å². The van der Waals surface area contributed by atoms with E-state index < -0.39 is 0 Å². The van der Waals surface area contributed by atoms with Crippen molar-refractivity contribution in [2.45, 2.75) is 6.42 Å². The quantitative estimate of drug-likeness (QED) is 0.729. The van der Waals surface area contributed by atoms with Crippen LogP contribution in [0.2, 0.25) is 0 Å². The summed E-state index contributed by atoms with van der Waals surface area (Å²) in [6.07, 6.45) is 3.94. The van der Waals surface area contributed by atoms with Crippen molar-refractivity contribution in [1.82, 2.24) is 0 Å². The van der Waals surface area contributed by atoms with E-state index in [-0.39, 0.29) is 5.91 Å². The first-order chi connectivity index (χ1) is 7.86. The lowest BCUT2D eigenvalue weighted by atomic mass is 10.2. The molecule has 16 heavy (non-hydrogen) atoms.